The highest BCUT2D eigenvalue weighted by atomic mass is 32.1. The summed E-state index contributed by atoms with van der Waals surface area (Å²) in [7, 11) is 2.65. The average molecular weight is 1520 g/mol. The zero-order valence-corrected chi connectivity index (χ0v) is 62.9. The number of nitrogens with one attached hydrogen (secondary N) is 9. The SMILES string of the molecule is CC(C)C[C@@H](C(=O)N[C@@H](Cc1ccc(O)cc1)C(=O)N1CCC[C@H]1C(=O)N[C@@H](CS)C(=O)O)N(C)C(=O)CN(C)C(=O)CNC(=O)[C@H](Cc1ccccc1)NC(=O)[C@H](Cc1ccccc1)NC(=O)CNC(=O)[C@@H](NC(=O)[C@@H](NC(=O)[C@H](Cc1ccccc1)NC(=O)[C@@H](N)CCCN=C(N)N)C(C)(C)S)[C@@H](C)O. The summed E-state index contributed by atoms with van der Waals surface area (Å²) in [6.45, 7) is 6.01. The highest BCUT2D eigenvalue weighted by molar-refractivity contribution is 7.81. The van der Waals surface area contributed by atoms with Crippen molar-refractivity contribution < 1.29 is 77.6 Å². The molecule has 1 aliphatic rings. The summed E-state index contributed by atoms with van der Waals surface area (Å²) in [4.78, 5) is 188. The predicted octanol–water partition coefficient (Wildman–Crippen LogP) is -1.90. The molecule has 5 rings (SSSR count). The molecule has 0 aromatic heterocycles. The molecule has 0 radical (unpaired) electrons. The van der Waals surface area contributed by atoms with E-state index in [4.69, 9.17) is 17.2 Å². The van der Waals surface area contributed by atoms with Crippen LogP contribution >= 0.6 is 25.3 Å². The van der Waals surface area contributed by atoms with Crippen LogP contribution in [0.25, 0.3) is 0 Å². The van der Waals surface area contributed by atoms with Gasteiger partial charge in [0.25, 0.3) is 0 Å². The predicted molar refractivity (Wildman–Crippen MR) is 404 cm³/mol. The number of aliphatic hydroxyl groups excluding tert-OH is 1. The van der Waals surface area contributed by atoms with Gasteiger partial charge in [-0.2, -0.15) is 25.3 Å². The first-order chi connectivity index (χ1) is 50.6. The standard InChI is InChI=1S/C73H102N16O16S2/c1-42(2)33-56(67(100)83-53(37-47-27-29-48(91)30-28-47)70(103)89-32-18-26-55(89)66(99)84-54(41-106)71(104)105)88(7)59(94)40-87(6)58(93)39-79-63(96)50(34-44-19-11-8-12-20-44)82-64(97)51(35-45-21-13-9-14-22-45)80-57(92)38-78-68(101)60(43(3)90)85-69(102)61(73(4,5)107)86-65(98)52(36-46-23-15-10-16-24-46)81-62(95)49(74)25-17-31-77-72(75)76/h8-16,19-24,27-30,42-43,49-56,60-61,90-91,106-107H,17-18,25-26,31-41,74H2,1-7H3,(H,78,101)(H,79,96)(H,80,92)(H,81,95)(H,82,97)(H,83,100)(H,84,99)(H,85,102)(H,86,98)(H,104,105)(H4,75,76,77)/t43-,49+,50+,51+,52+,53+,54+,55+,56+,60+,61-/m1/s1. The number of nitrogens with zero attached hydrogens (tertiary/aromatic N) is 4. The summed E-state index contributed by atoms with van der Waals surface area (Å²) >= 11 is 8.62. The number of carbonyl (C=O) groups excluding carboxylic acids is 12. The van der Waals surface area contributed by atoms with Gasteiger partial charge in [-0.15, -0.1) is 0 Å². The molecule has 0 spiro atoms. The monoisotopic (exact) mass is 1520 g/mol. The summed E-state index contributed by atoms with van der Waals surface area (Å²) in [6, 6.07) is 18.2. The molecule has 12 amide bonds. The van der Waals surface area contributed by atoms with Crippen molar-refractivity contribution in [2.75, 3.05) is 52.6 Å². The fourth-order valence-electron chi connectivity index (χ4n) is 11.5. The van der Waals surface area contributed by atoms with Gasteiger partial charge in [-0.3, -0.25) is 62.5 Å². The molecule has 4 aromatic carbocycles. The lowest BCUT2D eigenvalue weighted by Gasteiger charge is -2.33. The Balaban J connectivity index is 1.26. The third kappa shape index (κ3) is 28.8. The Bertz CT molecular complexity index is 3720. The highest BCUT2D eigenvalue weighted by Gasteiger charge is 2.42. The highest BCUT2D eigenvalue weighted by Crippen LogP contribution is 2.23. The van der Waals surface area contributed by atoms with Crippen LogP contribution in [0.15, 0.2) is 120 Å². The topological polar surface area (TPSA) is 491 Å². The Hall–Kier alpha value is -10.3. The number of aliphatic carboxylic acids is 1. The largest absolute Gasteiger partial charge is 0.508 e. The Morgan fingerprint density at radius 2 is 1.10 bits per heavy atom. The first kappa shape index (κ1) is 87.3. The molecule has 34 heteroatoms. The molecule has 107 heavy (non-hydrogen) atoms. The average Bonchev–Trinajstić information content (AvgIpc) is 1.80. The van der Waals surface area contributed by atoms with Crippen molar-refractivity contribution in [3.05, 3.63) is 138 Å². The van der Waals surface area contributed by atoms with Crippen LogP contribution in [-0.2, 0) is 88.0 Å². The van der Waals surface area contributed by atoms with Gasteiger partial charge < -0.3 is 95.1 Å². The van der Waals surface area contributed by atoms with Crippen LogP contribution in [0.5, 0.6) is 5.75 Å². The van der Waals surface area contributed by atoms with Crippen molar-refractivity contribution in [2.45, 2.75) is 164 Å². The lowest BCUT2D eigenvalue weighted by Crippen LogP contribution is -2.63. The van der Waals surface area contributed by atoms with E-state index in [1.807, 2.05) is 13.8 Å². The Morgan fingerprint density at radius 1 is 0.607 bits per heavy atom. The van der Waals surface area contributed by atoms with E-state index in [9.17, 15) is 77.6 Å². The number of likely N-dealkylation sites (tertiary alicyclic amines) is 1. The molecule has 0 saturated carbocycles. The number of carboxylic acids is 1. The lowest BCUT2D eigenvalue weighted by molar-refractivity contribution is -0.146. The van der Waals surface area contributed by atoms with Gasteiger partial charge in [-0.25, -0.2) is 4.79 Å². The minimum absolute atomic E-state index is 0.0334. The number of nitrogens with two attached hydrogens (primary N) is 3. The maximum Gasteiger partial charge on any atom is 0.327 e. The maximum atomic E-state index is 14.5. The second-order valence-electron chi connectivity index (χ2n) is 27.2. The number of aliphatic imine (C=N–C) groups is 1. The van der Waals surface area contributed by atoms with Crippen LogP contribution in [0.2, 0.25) is 0 Å². The molecule has 0 aliphatic carbocycles. The van der Waals surface area contributed by atoms with Gasteiger partial charge in [-0.05, 0) is 93.2 Å². The number of benzene rings is 4. The molecule has 4 aromatic rings. The third-order valence-corrected chi connectivity index (χ3v) is 18.1. The zero-order chi connectivity index (χ0) is 79.2. The van der Waals surface area contributed by atoms with Gasteiger partial charge in [0.05, 0.1) is 31.8 Å². The number of aliphatic hydroxyl groups is 1. The van der Waals surface area contributed by atoms with Crippen LogP contribution in [-0.4, -0.2) is 237 Å². The van der Waals surface area contributed by atoms with Crippen LogP contribution in [0.3, 0.4) is 0 Å². The van der Waals surface area contributed by atoms with Crippen LogP contribution in [0, 0.1) is 5.92 Å². The molecule has 11 atom stereocenters. The molecule has 1 aliphatic heterocycles. The fourth-order valence-corrected chi connectivity index (χ4v) is 12.0. The number of aromatic hydroxyl groups is 1. The van der Waals surface area contributed by atoms with E-state index >= 15 is 0 Å². The number of amides is 12. The van der Waals surface area contributed by atoms with E-state index in [1.54, 1.807) is 103 Å². The van der Waals surface area contributed by atoms with E-state index in [0.29, 0.717) is 35.1 Å². The molecule has 1 heterocycles. The van der Waals surface area contributed by atoms with Gasteiger partial charge in [0.2, 0.25) is 70.9 Å². The van der Waals surface area contributed by atoms with E-state index in [0.717, 1.165) is 9.80 Å². The zero-order valence-electron chi connectivity index (χ0n) is 61.1. The van der Waals surface area contributed by atoms with E-state index < -0.39 is 168 Å². The second-order valence-corrected chi connectivity index (χ2v) is 28.7. The third-order valence-electron chi connectivity index (χ3n) is 17.5. The molecule has 1 saturated heterocycles. The molecular weight excluding hydrogens is 1420 g/mol. The van der Waals surface area contributed by atoms with Gasteiger partial charge >= 0.3 is 5.97 Å². The molecule has 1 fully saturated rings. The first-order valence-electron chi connectivity index (χ1n) is 35.0. The lowest BCUT2D eigenvalue weighted by atomic mass is 9.99. The molecule has 0 unspecified atom stereocenters. The smallest absolute Gasteiger partial charge is 0.327 e. The van der Waals surface area contributed by atoms with E-state index in [1.165, 1.54) is 51.9 Å². The van der Waals surface area contributed by atoms with Crippen LogP contribution in [0.4, 0.5) is 0 Å². The number of carboxylic acid groups (broad SMARTS) is 1. The molecule has 18 N–H and O–H groups in total. The summed E-state index contributed by atoms with van der Waals surface area (Å²) in [5.74, 6) is -11.7. The first-order valence-corrected chi connectivity index (χ1v) is 36.1. The normalized spacial score (nSPS) is 15.4. The van der Waals surface area contributed by atoms with Crippen LogP contribution in [0.1, 0.15) is 89.0 Å². The minimum atomic E-state index is -1.75. The van der Waals surface area contributed by atoms with Crippen molar-refractivity contribution in [2.24, 2.45) is 28.1 Å². The van der Waals surface area contributed by atoms with Crippen LogP contribution < -0.4 is 65.1 Å². The van der Waals surface area contributed by atoms with Crippen molar-refractivity contribution >= 4 is 108 Å². The number of thiol groups is 2. The number of guanidine groups is 1. The maximum absolute atomic E-state index is 14.5. The van der Waals surface area contributed by atoms with Crippen molar-refractivity contribution in [1.82, 2.24) is 62.6 Å². The van der Waals surface area contributed by atoms with E-state index in [-0.39, 0.29) is 81.4 Å². The summed E-state index contributed by atoms with van der Waals surface area (Å²) in [5.41, 5.74) is 19.3. The molecule has 32 nitrogen and oxygen atoms in total. The van der Waals surface area contributed by atoms with Crippen molar-refractivity contribution in [3.8, 4) is 5.75 Å². The Morgan fingerprint density at radius 3 is 1.62 bits per heavy atom. The number of carbonyl (C=O) groups is 13. The quantitative estimate of drug-likeness (QED) is 0.00998. The van der Waals surface area contributed by atoms with Crippen molar-refractivity contribution in [1.29, 1.82) is 0 Å². The number of hydrogen-bond acceptors (Lipinski definition) is 19. The number of phenols is 1. The minimum Gasteiger partial charge on any atom is -0.508 e. The Kier molecular flexibility index (Phi) is 34.9. The number of hydrogen-bond donors (Lipinski definition) is 17. The summed E-state index contributed by atoms with van der Waals surface area (Å²) in [6.07, 6.45) is -0.844. The fraction of sp³-hybridized carbons (Fsp3) is 0.479. The Labute approximate surface area is 632 Å². The second kappa shape index (κ2) is 42.7. The van der Waals surface area contributed by atoms with E-state index in [2.05, 4.69) is 78.1 Å². The van der Waals surface area contributed by atoms with Gasteiger partial charge in [0, 0.05) is 63.4 Å². The summed E-state index contributed by atoms with van der Waals surface area (Å²) in [5, 5.41) is 53.7. The molecule has 0 bridgehead atoms. The number of likely N-dealkylation sites (N-methyl/N-ethyl adjacent to an activating group) is 2. The molecular formula is C73H102N16O16S2. The van der Waals surface area contributed by atoms with Gasteiger partial charge in [0.15, 0.2) is 5.96 Å². The number of rotatable bonds is 41. The molecule has 582 valence electrons. The van der Waals surface area contributed by atoms with Gasteiger partial charge in [0.1, 0.15) is 60.1 Å². The number of phenolic OH excluding ortho intramolecular Hbond substituents is 1. The van der Waals surface area contributed by atoms with Crippen molar-refractivity contribution in [3.63, 3.8) is 0 Å². The van der Waals surface area contributed by atoms with Gasteiger partial charge in [-0.1, -0.05) is 117 Å². The summed E-state index contributed by atoms with van der Waals surface area (Å²) < 4.78 is -1.36.